The maximum Gasteiger partial charge on any atom is 0.0831 e. The van der Waals surface area contributed by atoms with Gasteiger partial charge in [0.2, 0.25) is 0 Å². The molecular weight excluding hydrogens is 222 g/mol. The second-order valence-corrected chi connectivity index (χ2v) is 6.09. The van der Waals surface area contributed by atoms with Crippen LogP contribution in [-0.4, -0.2) is 25.3 Å². The summed E-state index contributed by atoms with van der Waals surface area (Å²) < 4.78 is 6.02. The number of hydrogen-bond donors (Lipinski definition) is 1. The first-order chi connectivity index (χ1) is 8.68. The van der Waals surface area contributed by atoms with Crippen LogP contribution in [0.1, 0.15) is 72.1 Å². The molecule has 1 N–H and O–H groups in total. The number of ether oxygens (including phenoxy) is 1. The molecule has 1 aliphatic rings. The molecule has 108 valence electrons. The van der Waals surface area contributed by atoms with E-state index < -0.39 is 0 Å². The highest BCUT2D eigenvalue weighted by molar-refractivity contribution is 4.95. The third-order valence-corrected chi connectivity index (χ3v) is 4.72. The van der Waals surface area contributed by atoms with Crippen molar-refractivity contribution in [2.75, 3.05) is 13.7 Å². The van der Waals surface area contributed by atoms with Crippen molar-refractivity contribution in [1.29, 1.82) is 0 Å². The Bertz CT molecular complexity index is 211. The fourth-order valence-electron chi connectivity index (χ4n) is 3.22. The van der Waals surface area contributed by atoms with Crippen LogP contribution in [0.25, 0.3) is 0 Å². The summed E-state index contributed by atoms with van der Waals surface area (Å²) in [5, 5.41) is 3.77. The lowest BCUT2D eigenvalue weighted by atomic mass is 9.76. The van der Waals surface area contributed by atoms with Crippen LogP contribution in [-0.2, 0) is 4.74 Å². The molecule has 0 aliphatic heterocycles. The Balaban J connectivity index is 2.70. The molecule has 0 aromatic rings. The second kappa shape index (κ2) is 8.16. The topological polar surface area (TPSA) is 21.3 Å². The molecule has 0 heterocycles. The molecule has 0 radical (unpaired) electrons. The molecule has 1 saturated carbocycles. The first-order valence-corrected chi connectivity index (χ1v) is 7.97. The average Bonchev–Trinajstić information content (AvgIpc) is 2.43. The third kappa shape index (κ3) is 4.24. The Kier molecular flexibility index (Phi) is 7.25. The summed E-state index contributed by atoms with van der Waals surface area (Å²) in [6, 6.07) is 0.540. The minimum atomic E-state index is 0.108. The van der Waals surface area contributed by atoms with Crippen molar-refractivity contribution in [3.05, 3.63) is 0 Å². The number of rotatable bonds is 8. The van der Waals surface area contributed by atoms with Crippen LogP contribution in [0.15, 0.2) is 0 Å². The maximum absolute atomic E-state index is 6.02. The van der Waals surface area contributed by atoms with Gasteiger partial charge in [-0.1, -0.05) is 46.5 Å². The van der Waals surface area contributed by atoms with Crippen molar-refractivity contribution >= 4 is 0 Å². The standard InChI is InChI=1S/C16H33NO/c1-5-12-17-15(13-14(3)6-2)16(18-4)10-8-7-9-11-16/h14-15,17H,5-13H2,1-4H3. The van der Waals surface area contributed by atoms with Crippen LogP contribution in [0, 0.1) is 5.92 Å². The molecular formula is C16H33NO. The quantitative estimate of drug-likeness (QED) is 0.704. The van der Waals surface area contributed by atoms with Crippen molar-refractivity contribution in [2.45, 2.75) is 83.8 Å². The predicted octanol–water partition coefficient (Wildman–Crippen LogP) is 4.14. The zero-order valence-corrected chi connectivity index (χ0v) is 12.9. The molecule has 1 aliphatic carbocycles. The lowest BCUT2D eigenvalue weighted by molar-refractivity contribution is -0.0721. The summed E-state index contributed by atoms with van der Waals surface area (Å²) in [5.41, 5.74) is 0.108. The Morgan fingerprint density at radius 1 is 1.17 bits per heavy atom. The van der Waals surface area contributed by atoms with Crippen molar-refractivity contribution in [3.63, 3.8) is 0 Å². The number of nitrogens with one attached hydrogen (secondary N) is 1. The van der Waals surface area contributed by atoms with Gasteiger partial charge in [-0.3, -0.25) is 0 Å². The number of methoxy groups -OCH3 is 1. The Morgan fingerprint density at radius 3 is 2.33 bits per heavy atom. The minimum absolute atomic E-state index is 0.108. The summed E-state index contributed by atoms with van der Waals surface area (Å²) in [5.74, 6) is 0.785. The zero-order valence-electron chi connectivity index (χ0n) is 12.9. The van der Waals surface area contributed by atoms with Crippen molar-refractivity contribution in [1.82, 2.24) is 5.32 Å². The molecule has 2 heteroatoms. The summed E-state index contributed by atoms with van der Waals surface area (Å²) in [6.07, 6.45) is 10.3. The van der Waals surface area contributed by atoms with Gasteiger partial charge in [0.15, 0.2) is 0 Å². The Morgan fingerprint density at radius 2 is 1.83 bits per heavy atom. The molecule has 1 rings (SSSR count). The fraction of sp³-hybridized carbons (Fsp3) is 1.00. The molecule has 0 aromatic carbocycles. The van der Waals surface area contributed by atoms with Crippen LogP contribution in [0.2, 0.25) is 0 Å². The molecule has 0 amide bonds. The van der Waals surface area contributed by atoms with E-state index >= 15 is 0 Å². The van der Waals surface area contributed by atoms with Gasteiger partial charge in [0.05, 0.1) is 5.60 Å². The molecule has 0 aromatic heterocycles. The van der Waals surface area contributed by atoms with Crippen LogP contribution in [0.4, 0.5) is 0 Å². The van der Waals surface area contributed by atoms with Crippen molar-refractivity contribution < 1.29 is 4.74 Å². The molecule has 18 heavy (non-hydrogen) atoms. The normalized spacial score (nSPS) is 22.7. The lowest BCUT2D eigenvalue weighted by Gasteiger charge is -2.44. The molecule has 2 atom stereocenters. The van der Waals surface area contributed by atoms with Crippen LogP contribution >= 0.6 is 0 Å². The zero-order chi connectivity index (χ0) is 13.4. The summed E-state index contributed by atoms with van der Waals surface area (Å²) in [6.45, 7) is 8.02. The number of hydrogen-bond acceptors (Lipinski definition) is 2. The first-order valence-electron chi connectivity index (χ1n) is 7.97. The van der Waals surface area contributed by atoms with Gasteiger partial charge in [-0.25, -0.2) is 0 Å². The summed E-state index contributed by atoms with van der Waals surface area (Å²) >= 11 is 0. The smallest absolute Gasteiger partial charge is 0.0831 e. The van der Waals surface area contributed by atoms with Gasteiger partial charge in [0, 0.05) is 13.2 Å². The molecule has 2 nitrogen and oxygen atoms in total. The molecule has 2 unspecified atom stereocenters. The van der Waals surface area contributed by atoms with Crippen LogP contribution in [0.5, 0.6) is 0 Å². The average molecular weight is 255 g/mol. The largest absolute Gasteiger partial charge is 0.377 e. The van der Waals surface area contributed by atoms with Gasteiger partial charge in [-0.2, -0.15) is 0 Å². The fourth-order valence-corrected chi connectivity index (χ4v) is 3.22. The highest BCUT2D eigenvalue weighted by Gasteiger charge is 2.39. The van der Waals surface area contributed by atoms with E-state index in [2.05, 4.69) is 26.1 Å². The van der Waals surface area contributed by atoms with Gasteiger partial charge < -0.3 is 10.1 Å². The second-order valence-electron chi connectivity index (χ2n) is 6.09. The Labute approximate surface area is 114 Å². The van der Waals surface area contributed by atoms with E-state index in [1.54, 1.807) is 0 Å². The third-order valence-electron chi connectivity index (χ3n) is 4.72. The molecule has 0 spiro atoms. The van der Waals surface area contributed by atoms with Gasteiger partial charge in [-0.15, -0.1) is 0 Å². The van der Waals surface area contributed by atoms with E-state index in [4.69, 9.17) is 4.74 Å². The highest BCUT2D eigenvalue weighted by Crippen LogP contribution is 2.36. The van der Waals surface area contributed by atoms with Crippen LogP contribution < -0.4 is 5.32 Å². The summed E-state index contributed by atoms with van der Waals surface area (Å²) in [7, 11) is 1.92. The van der Waals surface area contributed by atoms with Crippen molar-refractivity contribution in [3.8, 4) is 0 Å². The van der Waals surface area contributed by atoms with E-state index in [-0.39, 0.29) is 5.60 Å². The molecule has 1 fully saturated rings. The van der Waals surface area contributed by atoms with Gasteiger partial charge in [-0.05, 0) is 38.1 Å². The first kappa shape index (κ1) is 16.0. The summed E-state index contributed by atoms with van der Waals surface area (Å²) in [4.78, 5) is 0. The minimum Gasteiger partial charge on any atom is -0.377 e. The SMILES string of the molecule is CCCNC(CC(C)CC)C1(OC)CCCCC1. The van der Waals surface area contributed by atoms with Gasteiger partial charge in [0.25, 0.3) is 0 Å². The van der Waals surface area contributed by atoms with E-state index in [0.717, 1.165) is 12.5 Å². The molecule has 0 saturated heterocycles. The van der Waals surface area contributed by atoms with E-state index in [0.29, 0.717) is 6.04 Å². The maximum atomic E-state index is 6.02. The van der Waals surface area contributed by atoms with E-state index in [1.165, 1.54) is 51.4 Å². The van der Waals surface area contributed by atoms with E-state index in [1.807, 2.05) is 7.11 Å². The van der Waals surface area contributed by atoms with E-state index in [9.17, 15) is 0 Å². The predicted molar refractivity (Wildman–Crippen MR) is 79.0 cm³/mol. The van der Waals surface area contributed by atoms with Gasteiger partial charge >= 0.3 is 0 Å². The van der Waals surface area contributed by atoms with Crippen molar-refractivity contribution in [2.24, 2.45) is 5.92 Å². The highest BCUT2D eigenvalue weighted by atomic mass is 16.5. The van der Waals surface area contributed by atoms with Gasteiger partial charge in [0.1, 0.15) is 0 Å². The lowest BCUT2D eigenvalue weighted by Crippen LogP contribution is -2.54. The molecule has 0 bridgehead atoms. The Hall–Kier alpha value is -0.0800. The van der Waals surface area contributed by atoms with Crippen LogP contribution in [0.3, 0.4) is 0 Å². The monoisotopic (exact) mass is 255 g/mol.